The highest BCUT2D eigenvalue weighted by Gasteiger charge is 1.99. The minimum atomic E-state index is -1.06. The largest absolute Gasteiger partial charge is 0.479 e. The number of carboxylic acid groups (broad SMARTS) is 1. The smallest absolute Gasteiger partial charge is 0.341 e. The van der Waals surface area contributed by atoms with Gasteiger partial charge in [0.1, 0.15) is 5.15 Å². The van der Waals surface area contributed by atoms with Crippen LogP contribution in [0.3, 0.4) is 0 Å². The highest BCUT2D eigenvalue weighted by Crippen LogP contribution is 2.06. The van der Waals surface area contributed by atoms with E-state index in [1.807, 2.05) is 0 Å². The zero-order valence-corrected chi connectivity index (χ0v) is 6.65. The van der Waals surface area contributed by atoms with Gasteiger partial charge < -0.3 is 9.84 Å². The molecule has 0 aliphatic carbocycles. The minimum absolute atomic E-state index is 0.141. The van der Waals surface area contributed by atoms with Gasteiger partial charge in [-0.25, -0.2) is 14.8 Å². The fourth-order valence-corrected chi connectivity index (χ4v) is 0.608. The van der Waals surface area contributed by atoms with Crippen LogP contribution in [0.25, 0.3) is 0 Å². The lowest BCUT2D eigenvalue weighted by Gasteiger charge is -1.99. The van der Waals surface area contributed by atoms with Crippen molar-refractivity contribution in [2.45, 2.75) is 0 Å². The Kier molecular flexibility index (Phi) is 2.82. The van der Waals surface area contributed by atoms with Crippen molar-refractivity contribution in [3.8, 4) is 5.88 Å². The van der Waals surface area contributed by atoms with Crippen molar-refractivity contribution < 1.29 is 14.6 Å². The van der Waals surface area contributed by atoms with Crippen LogP contribution in [0.2, 0.25) is 5.15 Å². The van der Waals surface area contributed by atoms with Gasteiger partial charge in [0, 0.05) is 0 Å². The minimum Gasteiger partial charge on any atom is -0.479 e. The van der Waals surface area contributed by atoms with Crippen LogP contribution in [0.1, 0.15) is 0 Å². The van der Waals surface area contributed by atoms with Gasteiger partial charge in [-0.1, -0.05) is 11.6 Å². The third-order valence-electron chi connectivity index (χ3n) is 0.940. The Morgan fingerprint density at radius 3 is 2.83 bits per heavy atom. The number of aromatic nitrogens is 2. The van der Waals surface area contributed by atoms with Gasteiger partial charge in [0.15, 0.2) is 6.61 Å². The summed E-state index contributed by atoms with van der Waals surface area (Å²) >= 11 is 5.43. The zero-order valence-electron chi connectivity index (χ0n) is 5.90. The number of rotatable bonds is 3. The summed E-state index contributed by atoms with van der Waals surface area (Å²) in [5.74, 6) is -0.923. The Morgan fingerprint density at radius 2 is 2.33 bits per heavy atom. The maximum Gasteiger partial charge on any atom is 0.341 e. The summed E-state index contributed by atoms with van der Waals surface area (Å²) in [6, 6.07) is 0. The van der Waals surface area contributed by atoms with Crippen molar-refractivity contribution >= 4 is 17.6 Å². The average Bonchev–Trinajstić information content (AvgIpc) is 2.03. The molecule has 0 aliphatic rings. The van der Waals surface area contributed by atoms with Crippen LogP contribution >= 0.6 is 11.6 Å². The van der Waals surface area contributed by atoms with Crippen LogP contribution < -0.4 is 4.74 Å². The predicted octanol–water partition coefficient (Wildman–Crippen LogP) is 0.593. The fourth-order valence-electron chi connectivity index (χ4n) is 0.511. The molecule has 5 nitrogen and oxygen atoms in total. The fraction of sp³-hybridized carbons (Fsp3) is 0.167. The first-order valence-electron chi connectivity index (χ1n) is 3.00. The highest BCUT2D eigenvalue weighted by atomic mass is 35.5. The monoisotopic (exact) mass is 188 g/mol. The number of nitrogens with zero attached hydrogens (tertiary/aromatic N) is 2. The third kappa shape index (κ3) is 2.71. The van der Waals surface area contributed by atoms with Crippen molar-refractivity contribution in [3.63, 3.8) is 0 Å². The molecule has 6 heteroatoms. The lowest BCUT2D eigenvalue weighted by atomic mass is 10.7. The maximum atomic E-state index is 10.0. The number of carboxylic acids is 1. The Morgan fingerprint density at radius 1 is 1.58 bits per heavy atom. The molecule has 0 bridgehead atoms. The molecule has 1 aromatic heterocycles. The van der Waals surface area contributed by atoms with E-state index >= 15 is 0 Å². The van der Waals surface area contributed by atoms with Crippen molar-refractivity contribution in [1.29, 1.82) is 0 Å². The summed E-state index contributed by atoms with van der Waals surface area (Å²) in [4.78, 5) is 17.4. The summed E-state index contributed by atoms with van der Waals surface area (Å²) < 4.78 is 4.69. The Bertz CT molecular complexity index is 275. The topological polar surface area (TPSA) is 72.3 Å². The first-order chi connectivity index (χ1) is 5.68. The average molecular weight is 189 g/mol. The van der Waals surface area contributed by atoms with Gasteiger partial charge in [-0.05, 0) is 0 Å². The maximum absolute atomic E-state index is 10.0. The molecular weight excluding hydrogens is 184 g/mol. The van der Waals surface area contributed by atoms with E-state index in [2.05, 4.69) is 9.97 Å². The van der Waals surface area contributed by atoms with Crippen LogP contribution in [0, 0.1) is 0 Å². The molecule has 64 valence electrons. The van der Waals surface area contributed by atoms with E-state index in [1.54, 1.807) is 0 Å². The molecule has 0 fully saturated rings. The number of ether oxygens (including phenoxy) is 1. The molecule has 0 amide bonds. The van der Waals surface area contributed by atoms with Gasteiger partial charge in [0.2, 0.25) is 5.88 Å². The van der Waals surface area contributed by atoms with E-state index in [0.717, 1.165) is 0 Å². The number of hydrogen-bond donors (Lipinski definition) is 1. The van der Waals surface area contributed by atoms with Crippen molar-refractivity contribution in [3.05, 3.63) is 17.5 Å². The first kappa shape index (κ1) is 8.73. The second-order valence-electron chi connectivity index (χ2n) is 1.86. The van der Waals surface area contributed by atoms with E-state index < -0.39 is 12.6 Å². The lowest BCUT2D eigenvalue weighted by molar-refractivity contribution is -0.139. The molecule has 0 unspecified atom stereocenters. The first-order valence-corrected chi connectivity index (χ1v) is 3.38. The number of carbonyl (C=O) groups is 1. The summed E-state index contributed by atoms with van der Waals surface area (Å²) in [7, 11) is 0. The van der Waals surface area contributed by atoms with Crippen LogP contribution in [0.15, 0.2) is 12.4 Å². The molecule has 1 N–H and O–H groups in total. The van der Waals surface area contributed by atoms with Gasteiger partial charge in [-0.2, -0.15) is 0 Å². The van der Waals surface area contributed by atoms with E-state index in [4.69, 9.17) is 21.4 Å². The van der Waals surface area contributed by atoms with Crippen LogP contribution in [0.5, 0.6) is 5.88 Å². The van der Waals surface area contributed by atoms with Gasteiger partial charge in [-0.3, -0.25) is 0 Å². The summed E-state index contributed by atoms with van der Waals surface area (Å²) in [5.41, 5.74) is 0. The lowest BCUT2D eigenvalue weighted by Crippen LogP contribution is -2.10. The molecule has 12 heavy (non-hydrogen) atoms. The molecule has 0 saturated carbocycles. The van der Waals surface area contributed by atoms with Crippen molar-refractivity contribution in [1.82, 2.24) is 9.97 Å². The Hall–Kier alpha value is -1.36. The summed E-state index contributed by atoms with van der Waals surface area (Å²) in [5, 5.41) is 8.46. The summed E-state index contributed by atoms with van der Waals surface area (Å²) in [6.07, 6.45) is 2.53. The molecule has 1 aromatic rings. The molecular formula is C6H5ClN2O3. The molecule has 1 rings (SSSR count). The normalized spacial score (nSPS) is 9.42. The van der Waals surface area contributed by atoms with E-state index in [9.17, 15) is 4.79 Å². The predicted molar refractivity (Wildman–Crippen MR) is 40.2 cm³/mol. The van der Waals surface area contributed by atoms with Crippen LogP contribution in [-0.4, -0.2) is 27.7 Å². The molecule has 0 aromatic carbocycles. The molecule has 0 atom stereocenters. The van der Waals surface area contributed by atoms with E-state index in [0.29, 0.717) is 0 Å². The standard InChI is InChI=1S/C6H5ClN2O3/c7-4-1-9-5(2-8-4)12-3-6(10)11/h1-2H,3H2,(H,10,11). The van der Waals surface area contributed by atoms with Crippen LogP contribution in [0.4, 0.5) is 0 Å². The molecule has 0 aliphatic heterocycles. The van der Waals surface area contributed by atoms with Crippen LogP contribution in [-0.2, 0) is 4.79 Å². The van der Waals surface area contributed by atoms with E-state index in [-0.39, 0.29) is 11.0 Å². The van der Waals surface area contributed by atoms with E-state index in [1.165, 1.54) is 12.4 Å². The van der Waals surface area contributed by atoms with Gasteiger partial charge >= 0.3 is 5.97 Å². The zero-order chi connectivity index (χ0) is 8.97. The van der Waals surface area contributed by atoms with Gasteiger partial charge in [0.25, 0.3) is 0 Å². The van der Waals surface area contributed by atoms with Gasteiger partial charge in [-0.15, -0.1) is 0 Å². The van der Waals surface area contributed by atoms with Crippen molar-refractivity contribution in [2.24, 2.45) is 0 Å². The second kappa shape index (κ2) is 3.87. The number of hydrogen-bond acceptors (Lipinski definition) is 4. The molecule has 1 heterocycles. The quantitative estimate of drug-likeness (QED) is 0.752. The highest BCUT2D eigenvalue weighted by molar-refractivity contribution is 6.29. The third-order valence-corrected chi connectivity index (χ3v) is 1.14. The Labute approximate surface area is 73.0 Å². The second-order valence-corrected chi connectivity index (χ2v) is 2.25. The summed E-state index contributed by atoms with van der Waals surface area (Å²) in [6.45, 7) is -0.434. The number of aliphatic carboxylic acids is 1. The molecule has 0 saturated heterocycles. The molecule has 0 radical (unpaired) electrons. The Balaban J connectivity index is 2.53. The van der Waals surface area contributed by atoms with Gasteiger partial charge in [0.05, 0.1) is 12.4 Å². The SMILES string of the molecule is O=C(O)COc1cnc(Cl)cn1. The van der Waals surface area contributed by atoms with Crippen molar-refractivity contribution in [2.75, 3.05) is 6.61 Å². The molecule has 0 spiro atoms. The number of halogens is 1.